The Morgan fingerprint density at radius 3 is 2.26 bits per heavy atom. The van der Waals surface area contributed by atoms with E-state index in [1.807, 2.05) is 0 Å². The van der Waals surface area contributed by atoms with Crippen molar-refractivity contribution < 1.29 is 23.2 Å². The molecule has 0 atom stereocenters. The third-order valence-corrected chi connectivity index (χ3v) is 5.26. The third kappa shape index (κ3) is 9.68. The molecule has 2 amide bonds. The zero-order chi connectivity index (χ0) is 24.8. The van der Waals surface area contributed by atoms with Crippen LogP contribution in [-0.2, 0) is 15.6 Å². The average Bonchev–Trinajstić information content (AvgIpc) is 2.83. The van der Waals surface area contributed by atoms with Gasteiger partial charge in [0.25, 0.3) is 5.92 Å². The van der Waals surface area contributed by atoms with Gasteiger partial charge in [0.2, 0.25) is 5.91 Å². The molecule has 0 aromatic heterocycles. The van der Waals surface area contributed by atoms with E-state index in [4.69, 9.17) is 4.84 Å². The van der Waals surface area contributed by atoms with Gasteiger partial charge in [0.1, 0.15) is 0 Å². The molecule has 0 aliphatic rings. The normalized spacial score (nSPS) is 11.4. The van der Waals surface area contributed by atoms with Gasteiger partial charge < -0.3 is 5.32 Å². The largest absolute Gasteiger partial charge is 0.437 e. The van der Waals surface area contributed by atoms with Crippen molar-refractivity contribution in [1.82, 2.24) is 0 Å². The molecule has 0 radical (unpaired) electrons. The van der Waals surface area contributed by atoms with Crippen molar-refractivity contribution in [3.8, 4) is 0 Å². The topological polar surface area (TPSA) is 79.8 Å². The maximum atomic E-state index is 13.8. The minimum atomic E-state index is -2.93. The molecule has 0 heterocycles. The molecular weight excluding hydrogens is 440 g/mol. The fraction of sp³-hybridized carbons (Fsp3) is 0.423. The smallest absolute Gasteiger partial charge is 0.326 e. The SMILES string of the molecule is CCCCCCCCC(=O)Nc1ccc(NC(=O)O/N=C/c2cccc(C(F)(F)CC)c2)cc1. The van der Waals surface area contributed by atoms with Gasteiger partial charge in [-0.15, -0.1) is 0 Å². The predicted octanol–water partition coefficient (Wildman–Crippen LogP) is 7.46. The van der Waals surface area contributed by atoms with Crippen LogP contribution in [0, 0.1) is 0 Å². The van der Waals surface area contributed by atoms with Gasteiger partial charge in [0, 0.05) is 29.8 Å². The van der Waals surface area contributed by atoms with E-state index in [2.05, 4.69) is 22.7 Å². The van der Waals surface area contributed by atoms with Gasteiger partial charge in [-0.2, -0.15) is 0 Å². The lowest BCUT2D eigenvalue weighted by Crippen LogP contribution is -2.12. The average molecular weight is 474 g/mol. The van der Waals surface area contributed by atoms with Crippen LogP contribution >= 0.6 is 0 Å². The Hall–Kier alpha value is -3.29. The number of amides is 2. The van der Waals surface area contributed by atoms with E-state index in [0.717, 1.165) is 19.3 Å². The second-order valence-corrected chi connectivity index (χ2v) is 8.07. The molecule has 8 heteroatoms. The summed E-state index contributed by atoms with van der Waals surface area (Å²) >= 11 is 0. The molecule has 0 aliphatic carbocycles. The van der Waals surface area contributed by atoms with Crippen molar-refractivity contribution in [1.29, 1.82) is 0 Å². The minimum absolute atomic E-state index is 0.0364. The first-order valence-electron chi connectivity index (χ1n) is 11.7. The first-order chi connectivity index (χ1) is 16.3. The van der Waals surface area contributed by atoms with Crippen molar-refractivity contribution in [2.24, 2.45) is 5.16 Å². The number of nitrogens with zero attached hydrogens (tertiary/aromatic N) is 1. The summed E-state index contributed by atoms with van der Waals surface area (Å²) in [7, 11) is 0. The number of carbonyl (C=O) groups is 2. The molecule has 2 N–H and O–H groups in total. The van der Waals surface area contributed by atoms with Crippen LogP contribution in [0.5, 0.6) is 0 Å². The van der Waals surface area contributed by atoms with Crippen LogP contribution in [0.3, 0.4) is 0 Å². The Labute approximate surface area is 199 Å². The maximum Gasteiger partial charge on any atom is 0.437 e. The summed E-state index contributed by atoms with van der Waals surface area (Å²) in [6, 6.07) is 12.3. The number of hydrogen-bond acceptors (Lipinski definition) is 4. The van der Waals surface area contributed by atoms with E-state index >= 15 is 0 Å². The Morgan fingerprint density at radius 2 is 1.59 bits per heavy atom. The molecule has 2 aromatic rings. The standard InChI is InChI=1S/C26H33F2N3O3/c1-3-5-6-7-8-9-13-24(32)30-22-14-16-23(17-15-22)31-25(33)34-29-19-20-11-10-12-21(18-20)26(27,28)4-2/h10-12,14-19H,3-9,13H2,1-2H3,(H,30,32)(H,31,33)/b29-19+. The molecule has 0 saturated carbocycles. The fourth-order valence-corrected chi connectivity index (χ4v) is 3.25. The Morgan fingerprint density at radius 1 is 0.941 bits per heavy atom. The van der Waals surface area contributed by atoms with Crippen molar-refractivity contribution in [3.05, 3.63) is 59.7 Å². The van der Waals surface area contributed by atoms with Crippen LogP contribution in [-0.4, -0.2) is 18.2 Å². The molecule has 0 fully saturated rings. The van der Waals surface area contributed by atoms with Crippen molar-refractivity contribution in [2.75, 3.05) is 10.6 Å². The van der Waals surface area contributed by atoms with Gasteiger partial charge in [0.15, 0.2) is 0 Å². The van der Waals surface area contributed by atoms with Crippen LogP contribution in [0.1, 0.15) is 76.3 Å². The Kier molecular flexibility index (Phi) is 11.2. The van der Waals surface area contributed by atoms with Crippen LogP contribution in [0.2, 0.25) is 0 Å². The third-order valence-electron chi connectivity index (χ3n) is 5.26. The molecule has 0 spiro atoms. The first-order valence-corrected chi connectivity index (χ1v) is 11.7. The van der Waals surface area contributed by atoms with E-state index in [0.29, 0.717) is 23.4 Å². The number of alkyl halides is 2. The van der Waals surface area contributed by atoms with Crippen molar-refractivity contribution >= 4 is 29.6 Å². The highest BCUT2D eigenvalue weighted by Crippen LogP contribution is 2.31. The number of halogens is 2. The van der Waals surface area contributed by atoms with Gasteiger partial charge in [-0.05, 0) is 42.3 Å². The molecule has 2 aromatic carbocycles. The van der Waals surface area contributed by atoms with E-state index in [-0.39, 0.29) is 17.9 Å². The van der Waals surface area contributed by atoms with Gasteiger partial charge in [-0.3, -0.25) is 14.9 Å². The molecule has 34 heavy (non-hydrogen) atoms. The number of nitrogens with one attached hydrogen (secondary N) is 2. The lowest BCUT2D eigenvalue weighted by Gasteiger charge is -2.14. The number of hydrogen-bond donors (Lipinski definition) is 2. The molecular formula is C26H33F2N3O3. The van der Waals surface area contributed by atoms with E-state index in [9.17, 15) is 18.4 Å². The Bertz CT molecular complexity index is 947. The van der Waals surface area contributed by atoms with Crippen molar-refractivity contribution in [3.63, 3.8) is 0 Å². The second-order valence-electron chi connectivity index (χ2n) is 8.07. The van der Waals surface area contributed by atoms with Crippen LogP contribution in [0.4, 0.5) is 25.0 Å². The van der Waals surface area contributed by atoms with E-state index < -0.39 is 12.0 Å². The summed E-state index contributed by atoms with van der Waals surface area (Å²) in [6.45, 7) is 3.58. The molecule has 0 saturated heterocycles. The first kappa shape index (κ1) is 27.0. The van der Waals surface area contributed by atoms with Crippen LogP contribution in [0.25, 0.3) is 0 Å². The van der Waals surface area contributed by atoms with Crippen LogP contribution in [0.15, 0.2) is 53.7 Å². The molecule has 0 aliphatic heterocycles. The monoisotopic (exact) mass is 473 g/mol. The summed E-state index contributed by atoms with van der Waals surface area (Å²) in [5, 5.41) is 8.90. The lowest BCUT2D eigenvalue weighted by atomic mass is 10.0. The molecule has 0 unspecified atom stereocenters. The highest BCUT2D eigenvalue weighted by Gasteiger charge is 2.28. The Balaban J connectivity index is 1.75. The summed E-state index contributed by atoms with van der Waals surface area (Å²) in [4.78, 5) is 28.7. The van der Waals surface area contributed by atoms with Crippen LogP contribution < -0.4 is 10.6 Å². The predicted molar refractivity (Wildman–Crippen MR) is 131 cm³/mol. The van der Waals surface area contributed by atoms with Gasteiger partial charge >= 0.3 is 6.09 Å². The summed E-state index contributed by atoms with van der Waals surface area (Å²) in [5.74, 6) is -2.96. The number of oxime groups is 1. The number of carbonyl (C=O) groups excluding carboxylic acids is 2. The van der Waals surface area contributed by atoms with Gasteiger partial charge in [-0.25, -0.2) is 13.6 Å². The second kappa shape index (κ2) is 14.1. The summed E-state index contributed by atoms with van der Waals surface area (Å²) < 4.78 is 27.6. The number of anilines is 2. The zero-order valence-electron chi connectivity index (χ0n) is 19.8. The molecule has 0 bridgehead atoms. The quantitative estimate of drug-likeness (QED) is 0.137. The van der Waals surface area contributed by atoms with Crippen molar-refractivity contribution in [2.45, 2.75) is 71.1 Å². The van der Waals surface area contributed by atoms with Gasteiger partial charge in [-0.1, -0.05) is 69.3 Å². The lowest BCUT2D eigenvalue weighted by molar-refractivity contribution is -0.116. The summed E-state index contributed by atoms with van der Waals surface area (Å²) in [5.41, 5.74) is 1.36. The fourth-order valence-electron chi connectivity index (χ4n) is 3.25. The summed E-state index contributed by atoms with van der Waals surface area (Å²) in [6.07, 6.45) is 7.26. The van der Waals surface area contributed by atoms with E-state index in [1.54, 1.807) is 30.3 Å². The van der Waals surface area contributed by atoms with E-state index in [1.165, 1.54) is 50.6 Å². The minimum Gasteiger partial charge on any atom is -0.326 e. The molecule has 184 valence electrons. The van der Waals surface area contributed by atoms with Gasteiger partial charge in [0.05, 0.1) is 6.21 Å². The highest BCUT2D eigenvalue weighted by molar-refractivity contribution is 5.91. The maximum absolute atomic E-state index is 13.8. The zero-order valence-corrected chi connectivity index (χ0v) is 19.8. The molecule has 6 nitrogen and oxygen atoms in total. The highest BCUT2D eigenvalue weighted by atomic mass is 19.3. The number of unbranched alkanes of at least 4 members (excludes halogenated alkanes) is 5. The number of benzene rings is 2. The molecule has 2 rings (SSSR count). The number of rotatable bonds is 13.